The van der Waals surface area contributed by atoms with Gasteiger partial charge in [0.1, 0.15) is 0 Å². The molecule has 0 aliphatic carbocycles. The SMILES string of the molecule is CCCCC(CO)OCC(C)OCCCO. The van der Waals surface area contributed by atoms with Gasteiger partial charge in [-0.1, -0.05) is 19.8 Å². The van der Waals surface area contributed by atoms with E-state index >= 15 is 0 Å². The Balaban J connectivity index is 3.50. The molecule has 0 amide bonds. The molecular formula is C12H26O4. The predicted molar refractivity (Wildman–Crippen MR) is 63.5 cm³/mol. The molecule has 16 heavy (non-hydrogen) atoms. The summed E-state index contributed by atoms with van der Waals surface area (Å²) in [6, 6.07) is 0. The molecule has 2 atom stereocenters. The molecule has 0 aromatic carbocycles. The summed E-state index contributed by atoms with van der Waals surface area (Å²) in [5.41, 5.74) is 0. The van der Waals surface area contributed by atoms with E-state index in [0.29, 0.717) is 19.6 Å². The first-order valence-corrected chi connectivity index (χ1v) is 6.19. The van der Waals surface area contributed by atoms with E-state index in [2.05, 4.69) is 6.92 Å². The lowest BCUT2D eigenvalue weighted by Crippen LogP contribution is -2.25. The third-order valence-corrected chi connectivity index (χ3v) is 2.35. The van der Waals surface area contributed by atoms with Crippen molar-refractivity contribution < 1.29 is 19.7 Å². The van der Waals surface area contributed by atoms with Gasteiger partial charge in [0.25, 0.3) is 0 Å². The fourth-order valence-electron chi connectivity index (χ4n) is 1.33. The topological polar surface area (TPSA) is 58.9 Å². The van der Waals surface area contributed by atoms with Crippen molar-refractivity contribution in [2.45, 2.75) is 51.7 Å². The molecule has 0 saturated carbocycles. The third kappa shape index (κ3) is 9.09. The van der Waals surface area contributed by atoms with Gasteiger partial charge in [-0.3, -0.25) is 0 Å². The Morgan fingerprint density at radius 3 is 2.44 bits per heavy atom. The fourth-order valence-corrected chi connectivity index (χ4v) is 1.33. The summed E-state index contributed by atoms with van der Waals surface area (Å²) < 4.78 is 11.0. The summed E-state index contributed by atoms with van der Waals surface area (Å²) in [4.78, 5) is 0. The summed E-state index contributed by atoms with van der Waals surface area (Å²) in [6.07, 6.45) is 3.69. The molecule has 0 saturated heterocycles. The van der Waals surface area contributed by atoms with Gasteiger partial charge in [0.15, 0.2) is 0 Å². The fraction of sp³-hybridized carbons (Fsp3) is 1.00. The van der Waals surface area contributed by atoms with Gasteiger partial charge in [-0.15, -0.1) is 0 Å². The molecule has 0 aliphatic rings. The van der Waals surface area contributed by atoms with Gasteiger partial charge in [0.05, 0.1) is 25.4 Å². The lowest BCUT2D eigenvalue weighted by atomic mass is 10.2. The van der Waals surface area contributed by atoms with Crippen LogP contribution in [0.25, 0.3) is 0 Å². The van der Waals surface area contributed by atoms with Gasteiger partial charge in [0, 0.05) is 13.2 Å². The number of hydrogen-bond donors (Lipinski definition) is 2. The Kier molecular flexibility index (Phi) is 11.2. The second kappa shape index (κ2) is 11.3. The van der Waals surface area contributed by atoms with Crippen LogP contribution in [0.15, 0.2) is 0 Å². The largest absolute Gasteiger partial charge is 0.396 e. The predicted octanol–water partition coefficient (Wildman–Crippen LogP) is 1.34. The minimum absolute atomic E-state index is 0.0160. The lowest BCUT2D eigenvalue weighted by Gasteiger charge is -2.18. The first kappa shape index (κ1) is 15.8. The average molecular weight is 234 g/mol. The first-order valence-electron chi connectivity index (χ1n) is 6.19. The van der Waals surface area contributed by atoms with Crippen LogP contribution in [0.5, 0.6) is 0 Å². The Morgan fingerprint density at radius 2 is 1.88 bits per heavy atom. The van der Waals surface area contributed by atoms with Crippen molar-refractivity contribution in [3.05, 3.63) is 0 Å². The van der Waals surface area contributed by atoms with Crippen LogP contribution >= 0.6 is 0 Å². The molecule has 0 aromatic rings. The summed E-state index contributed by atoms with van der Waals surface area (Å²) in [5.74, 6) is 0. The molecule has 0 fully saturated rings. The van der Waals surface area contributed by atoms with Crippen molar-refractivity contribution in [3.63, 3.8) is 0 Å². The van der Waals surface area contributed by atoms with Gasteiger partial charge in [-0.05, 0) is 19.8 Å². The van der Waals surface area contributed by atoms with E-state index in [1.165, 1.54) is 0 Å². The van der Waals surface area contributed by atoms with Crippen molar-refractivity contribution in [1.29, 1.82) is 0 Å². The van der Waals surface area contributed by atoms with E-state index in [4.69, 9.17) is 19.7 Å². The normalized spacial score (nSPS) is 15.0. The van der Waals surface area contributed by atoms with E-state index in [1.807, 2.05) is 6.92 Å². The maximum atomic E-state index is 9.08. The maximum Gasteiger partial charge on any atom is 0.0807 e. The minimum Gasteiger partial charge on any atom is -0.396 e. The number of unbranched alkanes of at least 4 members (excludes halogenated alkanes) is 1. The zero-order valence-electron chi connectivity index (χ0n) is 10.5. The average Bonchev–Trinajstić information content (AvgIpc) is 2.30. The number of rotatable bonds is 11. The standard InChI is InChI=1S/C12H26O4/c1-3-4-6-12(9-14)16-10-11(2)15-8-5-7-13/h11-14H,3-10H2,1-2H3. The molecule has 0 spiro atoms. The van der Waals surface area contributed by atoms with Crippen LogP contribution in [0.3, 0.4) is 0 Å². The van der Waals surface area contributed by atoms with Gasteiger partial charge in [0.2, 0.25) is 0 Å². The Hall–Kier alpha value is -0.160. The molecule has 0 aliphatic heterocycles. The monoisotopic (exact) mass is 234 g/mol. The Labute approximate surface area is 98.6 Å². The Bertz CT molecular complexity index is 141. The number of hydrogen-bond acceptors (Lipinski definition) is 4. The number of aliphatic hydroxyl groups excluding tert-OH is 2. The van der Waals surface area contributed by atoms with Crippen LogP contribution in [-0.4, -0.2) is 48.8 Å². The zero-order valence-corrected chi connectivity index (χ0v) is 10.5. The Morgan fingerprint density at radius 1 is 1.12 bits per heavy atom. The van der Waals surface area contributed by atoms with Crippen molar-refractivity contribution in [2.24, 2.45) is 0 Å². The van der Waals surface area contributed by atoms with Gasteiger partial charge < -0.3 is 19.7 Å². The highest BCUT2D eigenvalue weighted by Gasteiger charge is 2.09. The van der Waals surface area contributed by atoms with E-state index in [-0.39, 0.29) is 25.4 Å². The van der Waals surface area contributed by atoms with E-state index in [1.54, 1.807) is 0 Å². The molecule has 98 valence electrons. The molecular weight excluding hydrogens is 208 g/mol. The number of ether oxygens (including phenoxy) is 2. The van der Waals surface area contributed by atoms with Crippen LogP contribution in [0.2, 0.25) is 0 Å². The summed E-state index contributed by atoms with van der Waals surface area (Å²) in [6.45, 7) is 5.34. The molecule has 4 nitrogen and oxygen atoms in total. The minimum atomic E-state index is -0.0659. The van der Waals surface area contributed by atoms with Crippen LogP contribution in [0, 0.1) is 0 Å². The van der Waals surface area contributed by atoms with Crippen molar-refractivity contribution in [1.82, 2.24) is 0 Å². The van der Waals surface area contributed by atoms with Crippen LogP contribution in [0.1, 0.15) is 39.5 Å². The van der Waals surface area contributed by atoms with Crippen LogP contribution in [-0.2, 0) is 9.47 Å². The van der Waals surface area contributed by atoms with Crippen molar-refractivity contribution in [2.75, 3.05) is 26.4 Å². The van der Waals surface area contributed by atoms with Crippen LogP contribution in [0.4, 0.5) is 0 Å². The van der Waals surface area contributed by atoms with E-state index in [0.717, 1.165) is 19.3 Å². The van der Waals surface area contributed by atoms with Crippen molar-refractivity contribution >= 4 is 0 Å². The highest BCUT2D eigenvalue weighted by molar-refractivity contribution is 4.57. The molecule has 0 aromatic heterocycles. The third-order valence-electron chi connectivity index (χ3n) is 2.35. The number of aliphatic hydroxyl groups is 2. The van der Waals surface area contributed by atoms with Crippen LogP contribution < -0.4 is 0 Å². The molecule has 0 rings (SSSR count). The van der Waals surface area contributed by atoms with Crippen molar-refractivity contribution in [3.8, 4) is 0 Å². The summed E-state index contributed by atoms with van der Waals surface area (Å²) in [5, 5.41) is 17.7. The maximum absolute atomic E-state index is 9.08. The van der Waals surface area contributed by atoms with E-state index < -0.39 is 0 Å². The molecule has 0 heterocycles. The zero-order chi connectivity index (χ0) is 12.2. The highest BCUT2D eigenvalue weighted by Crippen LogP contribution is 2.05. The van der Waals surface area contributed by atoms with E-state index in [9.17, 15) is 0 Å². The first-order chi connectivity index (χ1) is 7.74. The lowest BCUT2D eigenvalue weighted by molar-refractivity contribution is -0.0562. The summed E-state index contributed by atoms with van der Waals surface area (Å²) >= 11 is 0. The second-order valence-electron chi connectivity index (χ2n) is 4.04. The molecule has 0 radical (unpaired) electrons. The molecule has 2 N–H and O–H groups in total. The molecule has 4 heteroatoms. The highest BCUT2D eigenvalue weighted by atomic mass is 16.5. The smallest absolute Gasteiger partial charge is 0.0807 e. The van der Waals surface area contributed by atoms with Gasteiger partial charge in [-0.25, -0.2) is 0 Å². The summed E-state index contributed by atoms with van der Waals surface area (Å²) in [7, 11) is 0. The quantitative estimate of drug-likeness (QED) is 0.530. The van der Waals surface area contributed by atoms with Gasteiger partial charge in [-0.2, -0.15) is 0 Å². The van der Waals surface area contributed by atoms with Gasteiger partial charge >= 0.3 is 0 Å². The molecule has 0 bridgehead atoms. The molecule has 2 unspecified atom stereocenters. The second-order valence-corrected chi connectivity index (χ2v) is 4.04.